The first-order valence-corrected chi connectivity index (χ1v) is 9.87. The van der Waals surface area contributed by atoms with Crippen molar-refractivity contribution in [2.24, 2.45) is 29.6 Å². The molecule has 0 spiro atoms. The molecule has 3 heteroatoms. The molecule has 0 amide bonds. The van der Waals surface area contributed by atoms with Gasteiger partial charge in [0.1, 0.15) is 0 Å². The molecule has 136 valence electrons. The highest BCUT2D eigenvalue weighted by Crippen LogP contribution is 2.35. The highest BCUT2D eigenvalue weighted by molar-refractivity contribution is 4.82. The molecule has 6 atom stereocenters. The van der Waals surface area contributed by atoms with Gasteiger partial charge in [0.2, 0.25) is 0 Å². The number of likely N-dealkylation sites (tertiary alicyclic amines) is 1. The van der Waals surface area contributed by atoms with Crippen LogP contribution >= 0.6 is 0 Å². The molecule has 2 fully saturated rings. The van der Waals surface area contributed by atoms with Crippen molar-refractivity contribution in [2.45, 2.75) is 72.5 Å². The van der Waals surface area contributed by atoms with E-state index in [-0.39, 0.29) is 6.10 Å². The highest BCUT2D eigenvalue weighted by atomic mass is 16.5. The topological polar surface area (TPSA) is 32.7 Å². The Labute approximate surface area is 143 Å². The van der Waals surface area contributed by atoms with E-state index in [1.165, 1.54) is 19.3 Å². The van der Waals surface area contributed by atoms with Gasteiger partial charge < -0.3 is 14.7 Å². The maximum atomic E-state index is 10.4. The normalized spacial score (nSPS) is 38.0. The summed E-state index contributed by atoms with van der Waals surface area (Å²) in [6, 6.07) is 0. The largest absolute Gasteiger partial charge is 0.389 e. The molecule has 0 aromatic heterocycles. The molecule has 0 radical (unpaired) electrons. The molecule has 3 nitrogen and oxygen atoms in total. The van der Waals surface area contributed by atoms with E-state index in [0.29, 0.717) is 24.5 Å². The van der Waals surface area contributed by atoms with Crippen LogP contribution in [0.2, 0.25) is 0 Å². The third kappa shape index (κ3) is 6.03. The summed E-state index contributed by atoms with van der Waals surface area (Å²) in [5, 5.41) is 10.4. The zero-order chi connectivity index (χ0) is 17.0. The van der Waals surface area contributed by atoms with E-state index in [9.17, 15) is 5.11 Å². The fraction of sp³-hybridized carbons (Fsp3) is 1.00. The third-order valence-corrected chi connectivity index (χ3v) is 5.88. The Kier molecular flexibility index (Phi) is 7.37. The molecule has 1 N–H and O–H groups in total. The first-order valence-electron chi connectivity index (χ1n) is 9.87. The van der Waals surface area contributed by atoms with Crippen LogP contribution < -0.4 is 0 Å². The molecular weight excluding hydrogens is 286 g/mol. The summed E-state index contributed by atoms with van der Waals surface area (Å²) in [5.74, 6) is 3.59. The predicted octanol–water partition coefficient (Wildman–Crippen LogP) is 3.80. The van der Waals surface area contributed by atoms with Crippen LogP contribution in [-0.4, -0.2) is 48.5 Å². The van der Waals surface area contributed by atoms with Gasteiger partial charge in [-0.1, -0.05) is 41.0 Å². The Bertz CT molecular complexity index is 337. The lowest BCUT2D eigenvalue weighted by Gasteiger charge is -2.38. The van der Waals surface area contributed by atoms with Gasteiger partial charge in [0, 0.05) is 19.6 Å². The maximum Gasteiger partial charge on any atom is 0.0900 e. The van der Waals surface area contributed by atoms with Crippen LogP contribution in [0.25, 0.3) is 0 Å². The van der Waals surface area contributed by atoms with E-state index in [1.807, 2.05) is 0 Å². The minimum Gasteiger partial charge on any atom is -0.389 e. The second kappa shape index (κ2) is 8.82. The smallest absolute Gasteiger partial charge is 0.0900 e. The number of ether oxygens (including phenoxy) is 1. The summed E-state index contributed by atoms with van der Waals surface area (Å²) >= 11 is 0. The average molecular weight is 326 g/mol. The fourth-order valence-electron chi connectivity index (χ4n) is 4.83. The van der Waals surface area contributed by atoms with E-state index in [0.717, 1.165) is 43.8 Å². The van der Waals surface area contributed by atoms with Crippen molar-refractivity contribution in [3.05, 3.63) is 0 Å². The molecule has 23 heavy (non-hydrogen) atoms. The number of piperidine rings is 1. The van der Waals surface area contributed by atoms with Gasteiger partial charge in [-0.3, -0.25) is 0 Å². The molecular formula is C20H39NO2. The quantitative estimate of drug-likeness (QED) is 0.806. The SMILES string of the molecule is CC1CCC(C(C)C)C(OCC(O)CN2CC(C)CC(C)C2)C1. The standard InChI is InChI=1S/C20H39NO2/c1-14(2)19-7-6-15(3)9-20(19)23-13-18(22)12-21-10-16(4)8-17(5)11-21/h14-20,22H,6-13H2,1-5H3. The summed E-state index contributed by atoms with van der Waals surface area (Å²) < 4.78 is 6.21. The lowest BCUT2D eigenvalue weighted by atomic mass is 9.75. The van der Waals surface area contributed by atoms with Crippen LogP contribution in [0, 0.1) is 29.6 Å². The minimum atomic E-state index is -0.349. The lowest BCUT2D eigenvalue weighted by molar-refractivity contribution is -0.0761. The molecule has 1 aliphatic heterocycles. The van der Waals surface area contributed by atoms with Gasteiger partial charge in [-0.25, -0.2) is 0 Å². The molecule has 1 aliphatic carbocycles. The lowest BCUT2D eigenvalue weighted by Crippen LogP contribution is -2.44. The first-order chi connectivity index (χ1) is 10.8. The number of aliphatic hydroxyl groups excluding tert-OH is 1. The average Bonchev–Trinajstić information content (AvgIpc) is 2.43. The first kappa shape index (κ1) is 19.2. The number of hydrogen-bond acceptors (Lipinski definition) is 3. The molecule has 2 rings (SSSR count). The van der Waals surface area contributed by atoms with Crippen molar-refractivity contribution in [1.29, 1.82) is 0 Å². The van der Waals surface area contributed by atoms with Gasteiger partial charge in [0.05, 0.1) is 18.8 Å². The molecule has 0 bridgehead atoms. The molecule has 1 heterocycles. The van der Waals surface area contributed by atoms with Crippen LogP contribution in [0.5, 0.6) is 0 Å². The number of rotatable bonds is 6. The van der Waals surface area contributed by atoms with Crippen LogP contribution in [0.3, 0.4) is 0 Å². The summed E-state index contributed by atoms with van der Waals surface area (Å²) in [7, 11) is 0. The van der Waals surface area contributed by atoms with E-state index in [4.69, 9.17) is 4.74 Å². The molecule has 6 unspecified atom stereocenters. The monoisotopic (exact) mass is 325 g/mol. The van der Waals surface area contributed by atoms with Crippen LogP contribution in [0.4, 0.5) is 0 Å². The second-order valence-corrected chi connectivity index (χ2v) is 9.02. The van der Waals surface area contributed by atoms with Crippen molar-refractivity contribution >= 4 is 0 Å². The van der Waals surface area contributed by atoms with E-state index in [1.54, 1.807) is 0 Å². The number of hydrogen-bond donors (Lipinski definition) is 1. The number of β-amino-alcohol motifs (C(OH)–C–C–N with tert-alkyl or cyclic N) is 1. The van der Waals surface area contributed by atoms with E-state index < -0.39 is 0 Å². The highest BCUT2D eigenvalue weighted by Gasteiger charge is 2.32. The third-order valence-electron chi connectivity index (χ3n) is 5.88. The summed E-state index contributed by atoms with van der Waals surface area (Å²) in [5.41, 5.74) is 0. The summed E-state index contributed by atoms with van der Waals surface area (Å²) in [6.07, 6.45) is 5.08. The molecule has 0 aromatic rings. The van der Waals surface area contributed by atoms with Crippen molar-refractivity contribution < 1.29 is 9.84 Å². The van der Waals surface area contributed by atoms with Gasteiger partial charge in [0.25, 0.3) is 0 Å². The van der Waals surface area contributed by atoms with E-state index >= 15 is 0 Å². The van der Waals surface area contributed by atoms with E-state index in [2.05, 4.69) is 39.5 Å². The van der Waals surface area contributed by atoms with Gasteiger partial charge >= 0.3 is 0 Å². The predicted molar refractivity (Wildman–Crippen MR) is 96.5 cm³/mol. The fourth-order valence-corrected chi connectivity index (χ4v) is 4.83. The number of nitrogens with zero attached hydrogens (tertiary/aromatic N) is 1. The van der Waals surface area contributed by atoms with Crippen LogP contribution in [-0.2, 0) is 4.74 Å². The summed E-state index contributed by atoms with van der Waals surface area (Å²) in [6.45, 7) is 15.1. The van der Waals surface area contributed by atoms with Crippen LogP contribution in [0.15, 0.2) is 0 Å². The Balaban J connectivity index is 1.77. The zero-order valence-electron chi connectivity index (χ0n) is 16.0. The minimum absolute atomic E-state index is 0.340. The Morgan fingerprint density at radius 2 is 1.65 bits per heavy atom. The zero-order valence-corrected chi connectivity index (χ0v) is 16.0. The van der Waals surface area contributed by atoms with Gasteiger partial charge in [-0.2, -0.15) is 0 Å². The molecule has 2 aliphatic rings. The molecule has 0 aromatic carbocycles. The van der Waals surface area contributed by atoms with Gasteiger partial charge in [0.15, 0.2) is 0 Å². The van der Waals surface area contributed by atoms with Crippen LogP contribution in [0.1, 0.15) is 60.3 Å². The van der Waals surface area contributed by atoms with Gasteiger partial charge in [-0.15, -0.1) is 0 Å². The van der Waals surface area contributed by atoms with Crippen molar-refractivity contribution in [3.63, 3.8) is 0 Å². The molecule has 1 saturated heterocycles. The maximum absolute atomic E-state index is 10.4. The Morgan fingerprint density at radius 3 is 2.26 bits per heavy atom. The Morgan fingerprint density at radius 1 is 1.00 bits per heavy atom. The van der Waals surface area contributed by atoms with Crippen molar-refractivity contribution in [3.8, 4) is 0 Å². The van der Waals surface area contributed by atoms with Crippen molar-refractivity contribution in [2.75, 3.05) is 26.2 Å². The second-order valence-electron chi connectivity index (χ2n) is 9.02. The van der Waals surface area contributed by atoms with Gasteiger partial charge in [-0.05, 0) is 48.9 Å². The Hall–Kier alpha value is -0.120. The number of aliphatic hydroxyl groups is 1. The van der Waals surface area contributed by atoms with Crippen molar-refractivity contribution in [1.82, 2.24) is 4.90 Å². The molecule has 1 saturated carbocycles. The summed E-state index contributed by atoms with van der Waals surface area (Å²) in [4.78, 5) is 2.43.